The number of aromatic amines is 2. The summed E-state index contributed by atoms with van der Waals surface area (Å²) in [5, 5.41) is 11.1. The van der Waals surface area contributed by atoms with E-state index in [4.69, 9.17) is 9.97 Å². The second kappa shape index (κ2) is 11.9. The molecule has 1 saturated carbocycles. The van der Waals surface area contributed by atoms with Crippen LogP contribution >= 0.6 is 0 Å². The lowest BCUT2D eigenvalue weighted by Crippen LogP contribution is -2.16. The summed E-state index contributed by atoms with van der Waals surface area (Å²) in [6, 6.07) is 12.3. The predicted octanol–water partition coefficient (Wildman–Crippen LogP) is 8.25. The number of nitrogens with zero attached hydrogens (tertiary/aromatic N) is 4. The van der Waals surface area contributed by atoms with Gasteiger partial charge in [-0.2, -0.15) is 5.10 Å². The second-order valence-corrected chi connectivity index (χ2v) is 10.8. The van der Waals surface area contributed by atoms with Gasteiger partial charge in [-0.15, -0.1) is 0 Å². The molecule has 0 atom stereocenters. The molecule has 1 aliphatic rings. The Morgan fingerprint density at radius 3 is 2.76 bits per heavy atom. The average molecular weight is 560 g/mol. The van der Waals surface area contributed by atoms with E-state index in [0.717, 1.165) is 45.7 Å². The molecular weight excluding hydrogens is 525 g/mol. The van der Waals surface area contributed by atoms with Crippen molar-refractivity contribution in [2.24, 2.45) is 5.92 Å². The summed E-state index contributed by atoms with van der Waals surface area (Å²) in [5.41, 5.74) is 8.45. The van der Waals surface area contributed by atoms with Crippen molar-refractivity contribution < 1.29 is 4.39 Å². The van der Waals surface area contributed by atoms with Gasteiger partial charge >= 0.3 is 0 Å². The maximum absolute atomic E-state index is 14.0. The highest BCUT2D eigenvalue weighted by Crippen LogP contribution is 2.31. The Morgan fingerprint density at radius 1 is 1.12 bits per heavy atom. The van der Waals surface area contributed by atoms with Crippen molar-refractivity contribution in [3.8, 4) is 22.6 Å². The third-order valence-electron chi connectivity index (χ3n) is 7.88. The third kappa shape index (κ3) is 5.65. The van der Waals surface area contributed by atoms with E-state index in [-0.39, 0.29) is 5.82 Å². The average Bonchev–Trinajstić information content (AvgIpc) is 3.63. The molecule has 1 aliphatic carbocycles. The van der Waals surface area contributed by atoms with Gasteiger partial charge in [-0.1, -0.05) is 63.5 Å². The van der Waals surface area contributed by atoms with Crippen LogP contribution in [-0.2, 0) is 0 Å². The first-order chi connectivity index (χ1) is 20.5. The van der Waals surface area contributed by atoms with Crippen molar-refractivity contribution in [3.05, 3.63) is 103 Å². The molecule has 0 bridgehead atoms. The Balaban J connectivity index is 1.30. The van der Waals surface area contributed by atoms with E-state index in [1.165, 1.54) is 44.2 Å². The van der Waals surface area contributed by atoms with Crippen LogP contribution in [0.3, 0.4) is 0 Å². The lowest BCUT2D eigenvalue weighted by atomic mass is 9.86. The van der Waals surface area contributed by atoms with Gasteiger partial charge in [0.05, 0.1) is 16.7 Å². The molecular formula is C34H34FN7. The van der Waals surface area contributed by atoms with Gasteiger partial charge in [0.1, 0.15) is 11.3 Å². The van der Waals surface area contributed by atoms with E-state index in [1.54, 1.807) is 12.3 Å². The van der Waals surface area contributed by atoms with Gasteiger partial charge in [-0.3, -0.25) is 5.10 Å². The number of benzene rings is 1. The van der Waals surface area contributed by atoms with Crippen LogP contribution in [0.5, 0.6) is 0 Å². The minimum atomic E-state index is -0.301. The predicted molar refractivity (Wildman–Crippen MR) is 168 cm³/mol. The van der Waals surface area contributed by atoms with Gasteiger partial charge in [-0.05, 0) is 72.9 Å². The molecule has 4 aromatic heterocycles. The van der Waals surface area contributed by atoms with Crippen LogP contribution in [0.15, 0.2) is 91.4 Å². The molecule has 1 fully saturated rings. The topological polar surface area (TPSA) is 95.2 Å². The van der Waals surface area contributed by atoms with Crippen LogP contribution in [-0.4, -0.2) is 30.1 Å². The lowest BCUT2D eigenvalue weighted by Gasteiger charge is -2.23. The number of rotatable bonds is 9. The molecule has 0 saturated heterocycles. The van der Waals surface area contributed by atoms with E-state index in [1.807, 2.05) is 49.4 Å². The molecule has 212 valence electrons. The number of halogens is 1. The van der Waals surface area contributed by atoms with Crippen LogP contribution < -0.4 is 5.32 Å². The summed E-state index contributed by atoms with van der Waals surface area (Å²) >= 11 is 0. The van der Waals surface area contributed by atoms with Crippen LogP contribution in [0.1, 0.15) is 51.1 Å². The SMILES string of the molecule is C=C/C(=C\C(=C/C)c1ccc2[nH]nc(-c3nc4nccc(-c5cccc(F)c5)c4[nH]3)c2n1)NC(=C)CC1CCCCC1. The minimum Gasteiger partial charge on any atom is -0.359 e. The number of pyridine rings is 2. The molecule has 6 rings (SSSR count). The van der Waals surface area contributed by atoms with Crippen molar-refractivity contribution in [1.82, 2.24) is 35.5 Å². The molecule has 7 nitrogen and oxygen atoms in total. The third-order valence-corrected chi connectivity index (χ3v) is 7.88. The van der Waals surface area contributed by atoms with E-state index in [2.05, 4.69) is 38.6 Å². The van der Waals surface area contributed by atoms with Gasteiger partial charge in [0, 0.05) is 23.2 Å². The molecule has 0 amide bonds. The number of fused-ring (bicyclic) bond motifs is 2. The van der Waals surface area contributed by atoms with Gasteiger partial charge < -0.3 is 10.3 Å². The number of allylic oxidation sites excluding steroid dienone is 5. The molecule has 0 radical (unpaired) electrons. The van der Waals surface area contributed by atoms with Crippen molar-refractivity contribution in [2.45, 2.75) is 45.4 Å². The standard InChI is InChI=1S/C34H34FN7/c1-4-23(20-26(5-2)37-21(3)18-22-10-7-6-8-11-22)28-14-15-29-31(38-28)32(42-41-29)34-39-30-27(16-17-36-33(30)40-34)24-12-9-13-25(35)19-24/h4-5,9,12-17,19-20,22,37H,2-3,6-8,10-11,18H2,1H3,(H,41,42)(H,36,39,40)/b23-4+,26-20+. The second-order valence-electron chi connectivity index (χ2n) is 10.8. The van der Waals surface area contributed by atoms with Gasteiger partial charge in [0.2, 0.25) is 0 Å². The van der Waals surface area contributed by atoms with E-state index in [0.29, 0.717) is 34.1 Å². The zero-order chi connectivity index (χ0) is 29.1. The van der Waals surface area contributed by atoms with E-state index >= 15 is 0 Å². The first-order valence-corrected chi connectivity index (χ1v) is 14.4. The Kier molecular flexibility index (Phi) is 7.77. The monoisotopic (exact) mass is 559 g/mol. The summed E-state index contributed by atoms with van der Waals surface area (Å²) in [6.45, 7) is 10.3. The number of hydrogen-bond donors (Lipinski definition) is 3. The Hall–Kier alpha value is -4.85. The lowest BCUT2D eigenvalue weighted by molar-refractivity contribution is 0.353. The van der Waals surface area contributed by atoms with E-state index in [9.17, 15) is 4.39 Å². The van der Waals surface area contributed by atoms with Gasteiger partial charge in [0.15, 0.2) is 17.2 Å². The summed E-state index contributed by atoms with van der Waals surface area (Å²) in [5.74, 6) is 0.930. The fourth-order valence-corrected chi connectivity index (χ4v) is 5.76. The van der Waals surface area contributed by atoms with Gasteiger partial charge in [-0.25, -0.2) is 19.3 Å². The Bertz CT molecular complexity index is 1840. The largest absolute Gasteiger partial charge is 0.359 e. The van der Waals surface area contributed by atoms with Crippen molar-refractivity contribution in [2.75, 3.05) is 0 Å². The number of nitrogens with one attached hydrogen (secondary N) is 3. The van der Waals surface area contributed by atoms with Crippen LogP contribution in [0.2, 0.25) is 0 Å². The Labute approximate surface area is 244 Å². The highest BCUT2D eigenvalue weighted by atomic mass is 19.1. The molecule has 1 aromatic carbocycles. The number of aromatic nitrogens is 6. The fourth-order valence-electron chi connectivity index (χ4n) is 5.76. The molecule has 5 aromatic rings. The van der Waals surface area contributed by atoms with Crippen LogP contribution in [0.25, 0.3) is 50.4 Å². The molecule has 0 aliphatic heterocycles. The molecule has 0 spiro atoms. The van der Waals surface area contributed by atoms with Crippen LogP contribution in [0.4, 0.5) is 4.39 Å². The summed E-state index contributed by atoms with van der Waals surface area (Å²) in [7, 11) is 0. The number of hydrogen-bond acceptors (Lipinski definition) is 5. The maximum atomic E-state index is 14.0. The summed E-state index contributed by atoms with van der Waals surface area (Å²) in [6.07, 6.45) is 15.1. The summed E-state index contributed by atoms with van der Waals surface area (Å²) < 4.78 is 14.0. The fraction of sp³-hybridized carbons (Fsp3) is 0.235. The quantitative estimate of drug-likeness (QED) is 0.158. The normalized spacial score (nSPS) is 14.9. The van der Waals surface area contributed by atoms with E-state index < -0.39 is 0 Å². The van der Waals surface area contributed by atoms with Crippen LogP contribution in [0, 0.1) is 11.7 Å². The molecule has 3 N–H and O–H groups in total. The maximum Gasteiger partial charge on any atom is 0.178 e. The summed E-state index contributed by atoms with van der Waals surface area (Å²) in [4.78, 5) is 17.5. The first kappa shape index (κ1) is 27.3. The first-order valence-electron chi connectivity index (χ1n) is 14.4. The molecule has 4 heterocycles. The highest BCUT2D eigenvalue weighted by molar-refractivity contribution is 5.95. The smallest absolute Gasteiger partial charge is 0.178 e. The van der Waals surface area contributed by atoms with Crippen molar-refractivity contribution in [3.63, 3.8) is 0 Å². The molecule has 8 heteroatoms. The Morgan fingerprint density at radius 2 is 1.98 bits per heavy atom. The van der Waals surface area contributed by atoms with Crippen molar-refractivity contribution in [1.29, 1.82) is 0 Å². The zero-order valence-corrected chi connectivity index (χ0v) is 23.8. The molecule has 42 heavy (non-hydrogen) atoms. The number of imidazole rings is 1. The molecule has 0 unspecified atom stereocenters. The zero-order valence-electron chi connectivity index (χ0n) is 23.8. The van der Waals surface area contributed by atoms with Crippen molar-refractivity contribution >= 4 is 27.8 Å². The highest BCUT2D eigenvalue weighted by Gasteiger charge is 2.18. The number of H-pyrrole nitrogens is 2. The van der Waals surface area contributed by atoms with Gasteiger partial charge in [0.25, 0.3) is 0 Å². The minimum absolute atomic E-state index is 0.301.